The molecule has 2 aromatic heterocycles. The molecule has 33 heavy (non-hydrogen) atoms. The van der Waals surface area contributed by atoms with Crippen LogP contribution in [0, 0.1) is 5.92 Å². The Morgan fingerprint density at radius 1 is 1.27 bits per heavy atom. The van der Waals surface area contributed by atoms with Crippen LogP contribution in [0.15, 0.2) is 18.5 Å². The van der Waals surface area contributed by atoms with E-state index in [4.69, 9.17) is 14.6 Å². The number of hydrogen-bond acceptors (Lipinski definition) is 7. The van der Waals surface area contributed by atoms with E-state index in [-0.39, 0.29) is 17.6 Å². The molecule has 0 atom stereocenters. The lowest BCUT2D eigenvalue weighted by Crippen LogP contribution is -2.36. The zero-order valence-electron chi connectivity index (χ0n) is 19.3. The molecular formula is C24H33N5O4. The van der Waals surface area contributed by atoms with Gasteiger partial charge in [-0.2, -0.15) is 5.10 Å². The van der Waals surface area contributed by atoms with Crippen LogP contribution >= 0.6 is 0 Å². The number of fused-ring (bicyclic) bond motifs is 1. The fraction of sp³-hybridized carbons (Fsp3) is 0.625. The molecule has 1 aliphatic heterocycles. The molecular weight excluding hydrogens is 422 g/mol. The average molecular weight is 456 g/mol. The molecule has 2 saturated carbocycles. The number of hydroxylamine groups is 1. The number of aryl methyl sites for hydroxylation is 1. The Balaban J connectivity index is 1.45. The van der Waals surface area contributed by atoms with Gasteiger partial charge in [0.2, 0.25) is 0 Å². The maximum Gasteiger partial charge on any atom is 0.306 e. The van der Waals surface area contributed by atoms with Gasteiger partial charge >= 0.3 is 5.97 Å². The van der Waals surface area contributed by atoms with Crippen LogP contribution in [0.4, 0.5) is 5.69 Å². The van der Waals surface area contributed by atoms with E-state index < -0.39 is 5.97 Å². The molecule has 1 spiro atoms. The first-order valence-electron chi connectivity index (χ1n) is 12.1. The lowest BCUT2D eigenvalue weighted by molar-refractivity contribution is -0.142. The van der Waals surface area contributed by atoms with Crippen molar-refractivity contribution in [2.45, 2.75) is 82.6 Å². The number of ether oxygens (including phenoxy) is 1. The number of aromatic nitrogens is 3. The highest BCUT2D eigenvalue weighted by atomic mass is 16.7. The van der Waals surface area contributed by atoms with Crippen molar-refractivity contribution in [2.24, 2.45) is 5.92 Å². The maximum absolute atomic E-state index is 11.4. The van der Waals surface area contributed by atoms with Crippen LogP contribution in [0.2, 0.25) is 0 Å². The quantitative estimate of drug-likeness (QED) is 0.605. The molecule has 2 fully saturated rings. The molecule has 0 amide bonds. The number of rotatable bonds is 6. The minimum Gasteiger partial charge on any atom is -0.481 e. The fourth-order valence-corrected chi connectivity index (χ4v) is 5.48. The molecule has 2 aromatic rings. The standard InChI is InChI=1S/C24H33N5O4/c1-3-29-22-19(14-26-29)21(27-16-6-4-15(5-7-16)23(30)31)18(13-25-22)20-12-24(33-28-20)10-8-17(32-2)9-11-24/h12-17,28H,3-11H2,1-2H3,(H,25,27)(H,30,31). The summed E-state index contributed by atoms with van der Waals surface area (Å²) in [4.78, 5) is 22.2. The highest BCUT2D eigenvalue weighted by molar-refractivity contribution is 5.95. The smallest absolute Gasteiger partial charge is 0.306 e. The van der Waals surface area contributed by atoms with Crippen LogP contribution in [0.3, 0.4) is 0 Å². The molecule has 5 rings (SSSR count). The van der Waals surface area contributed by atoms with E-state index in [0.29, 0.717) is 18.9 Å². The predicted octanol–water partition coefficient (Wildman–Crippen LogP) is 3.71. The van der Waals surface area contributed by atoms with Crippen LogP contribution in [0.5, 0.6) is 0 Å². The zero-order chi connectivity index (χ0) is 23.0. The summed E-state index contributed by atoms with van der Waals surface area (Å²) in [6.07, 6.45) is 13.1. The van der Waals surface area contributed by atoms with Gasteiger partial charge in [0.25, 0.3) is 0 Å². The van der Waals surface area contributed by atoms with Gasteiger partial charge in [-0.15, -0.1) is 0 Å². The topological polar surface area (TPSA) is 111 Å². The molecule has 3 aliphatic rings. The van der Waals surface area contributed by atoms with Crippen molar-refractivity contribution in [3.8, 4) is 0 Å². The van der Waals surface area contributed by atoms with Gasteiger partial charge in [-0.3, -0.25) is 15.1 Å². The van der Waals surface area contributed by atoms with Crippen molar-refractivity contribution >= 4 is 28.4 Å². The molecule has 9 heteroatoms. The second-order valence-corrected chi connectivity index (χ2v) is 9.54. The lowest BCUT2D eigenvalue weighted by atomic mass is 9.82. The molecule has 9 nitrogen and oxygen atoms in total. The SMILES string of the molecule is CCn1ncc2c(NC3CCC(C(=O)O)CC3)c(C3=CC4(CCC(OC)CC4)ON3)cnc21. The minimum atomic E-state index is -0.685. The summed E-state index contributed by atoms with van der Waals surface area (Å²) >= 11 is 0. The number of carbonyl (C=O) groups is 1. The van der Waals surface area contributed by atoms with Crippen LogP contribution in [0.25, 0.3) is 16.7 Å². The third-order valence-electron chi connectivity index (χ3n) is 7.56. The van der Waals surface area contributed by atoms with E-state index in [2.05, 4.69) is 28.9 Å². The highest BCUT2D eigenvalue weighted by Crippen LogP contribution is 2.41. The van der Waals surface area contributed by atoms with E-state index in [1.807, 2.05) is 17.1 Å². The molecule has 178 valence electrons. The monoisotopic (exact) mass is 455 g/mol. The molecule has 0 bridgehead atoms. The summed E-state index contributed by atoms with van der Waals surface area (Å²) in [6, 6.07) is 0.212. The summed E-state index contributed by atoms with van der Waals surface area (Å²) < 4.78 is 7.42. The lowest BCUT2D eigenvalue weighted by Gasteiger charge is -2.33. The van der Waals surface area contributed by atoms with E-state index in [9.17, 15) is 9.90 Å². The second kappa shape index (κ2) is 8.95. The Bertz CT molecular complexity index is 1050. The van der Waals surface area contributed by atoms with Crippen molar-refractivity contribution in [1.82, 2.24) is 20.2 Å². The highest BCUT2D eigenvalue weighted by Gasteiger charge is 2.40. The first-order valence-corrected chi connectivity index (χ1v) is 12.1. The average Bonchev–Trinajstić information content (AvgIpc) is 3.45. The largest absolute Gasteiger partial charge is 0.481 e. The number of carboxylic acid groups (broad SMARTS) is 1. The predicted molar refractivity (Wildman–Crippen MR) is 124 cm³/mol. The number of carboxylic acids is 1. The Morgan fingerprint density at radius 3 is 2.70 bits per heavy atom. The van der Waals surface area contributed by atoms with Crippen LogP contribution in [-0.2, 0) is 20.9 Å². The molecule has 3 heterocycles. The summed E-state index contributed by atoms with van der Waals surface area (Å²) in [5.74, 6) is -0.923. The number of hydrogen-bond donors (Lipinski definition) is 3. The van der Waals surface area contributed by atoms with Crippen LogP contribution < -0.4 is 10.8 Å². The van der Waals surface area contributed by atoms with E-state index >= 15 is 0 Å². The molecule has 2 aliphatic carbocycles. The van der Waals surface area contributed by atoms with Crippen molar-refractivity contribution in [2.75, 3.05) is 12.4 Å². The van der Waals surface area contributed by atoms with Gasteiger partial charge in [-0.25, -0.2) is 9.67 Å². The second-order valence-electron chi connectivity index (χ2n) is 9.54. The summed E-state index contributed by atoms with van der Waals surface area (Å²) in [7, 11) is 1.77. The van der Waals surface area contributed by atoms with Gasteiger partial charge in [-0.05, 0) is 64.4 Å². The molecule has 0 radical (unpaired) electrons. The van der Waals surface area contributed by atoms with Gasteiger partial charge in [0.1, 0.15) is 5.60 Å². The number of nitrogens with zero attached hydrogens (tertiary/aromatic N) is 3. The maximum atomic E-state index is 11.4. The van der Waals surface area contributed by atoms with Crippen molar-refractivity contribution in [1.29, 1.82) is 0 Å². The molecule has 3 N–H and O–H groups in total. The van der Waals surface area contributed by atoms with E-state index in [0.717, 1.165) is 73.1 Å². The number of anilines is 1. The summed E-state index contributed by atoms with van der Waals surface area (Å²) in [5, 5.41) is 18.6. The van der Waals surface area contributed by atoms with Crippen molar-refractivity contribution in [3.63, 3.8) is 0 Å². The number of aliphatic carboxylic acids is 1. The Kier molecular flexibility index (Phi) is 6.01. The normalized spacial score (nSPS) is 29.8. The fourth-order valence-electron chi connectivity index (χ4n) is 5.48. The van der Waals surface area contributed by atoms with E-state index in [1.165, 1.54) is 0 Å². The summed E-state index contributed by atoms with van der Waals surface area (Å²) in [6.45, 7) is 2.80. The number of methoxy groups -OCH3 is 1. The first-order chi connectivity index (χ1) is 16.0. The van der Waals surface area contributed by atoms with Gasteiger partial charge in [-0.1, -0.05) is 0 Å². The molecule has 0 saturated heterocycles. The van der Waals surface area contributed by atoms with Gasteiger partial charge in [0.05, 0.1) is 35.0 Å². The third-order valence-corrected chi connectivity index (χ3v) is 7.56. The first kappa shape index (κ1) is 22.2. The third kappa shape index (κ3) is 4.19. The zero-order valence-corrected chi connectivity index (χ0v) is 19.3. The number of nitrogens with one attached hydrogen (secondary N) is 2. The van der Waals surface area contributed by atoms with Gasteiger partial charge in [0, 0.05) is 31.5 Å². The van der Waals surface area contributed by atoms with Crippen LogP contribution in [0.1, 0.15) is 63.9 Å². The van der Waals surface area contributed by atoms with Crippen molar-refractivity contribution in [3.05, 3.63) is 24.0 Å². The van der Waals surface area contributed by atoms with Crippen LogP contribution in [-0.4, -0.2) is 50.7 Å². The van der Waals surface area contributed by atoms with Gasteiger partial charge in [0.15, 0.2) is 5.65 Å². The Morgan fingerprint density at radius 2 is 2.03 bits per heavy atom. The Hall–Kier alpha value is -2.65. The Labute approximate surface area is 193 Å². The minimum absolute atomic E-state index is 0.212. The molecule has 0 aromatic carbocycles. The van der Waals surface area contributed by atoms with Gasteiger partial charge < -0.3 is 15.2 Å². The summed E-state index contributed by atoms with van der Waals surface area (Å²) in [5.41, 5.74) is 6.59. The number of pyridine rings is 1. The van der Waals surface area contributed by atoms with E-state index in [1.54, 1.807) is 7.11 Å². The van der Waals surface area contributed by atoms with Crippen molar-refractivity contribution < 1.29 is 19.5 Å². The molecule has 0 unspecified atom stereocenters.